The fraction of sp³-hybridized carbons (Fsp3) is 0.214. The molecule has 2 rings (SSSR count). The van der Waals surface area contributed by atoms with Crippen LogP contribution in [0.15, 0.2) is 40.8 Å². The number of hydrogen-bond donors (Lipinski definition) is 2. The van der Waals surface area contributed by atoms with Gasteiger partial charge in [0.2, 0.25) is 5.91 Å². The average Bonchev–Trinajstić information content (AvgIpc) is 2.83. The molecule has 0 aliphatic carbocycles. The fourth-order valence-electron chi connectivity index (χ4n) is 1.71. The fourth-order valence-corrected chi connectivity index (χ4v) is 1.71. The molecule has 0 aliphatic heterocycles. The molecule has 0 aliphatic rings. The zero-order chi connectivity index (χ0) is 13.8. The quantitative estimate of drug-likeness (QED) is 0.857. The van der Waals surface area contributed by atoms with Crippen molar-refractivity contribution in [2.75, 3.05) is 6.54 Å². The number of furan rings is 1. The number of hydrogen-bond acceptors (Lipinski definition) is 4. The van der Waals surface area contributed by atoms with E-state index in [1.165, 1.54) is 0 Å². The van der Waals surface area contributed by atoms with Crippen molar-refractivity contribution < 1.29 is 13.9 Å². The van der Waals surface area contributed by atoms with Crippen molar-refractivity contribution in [3.8, 4) is 5.75 Å². The SMILES string of the molecule is Cc1ccc(C(CN)Oc2ccc(C(N)=O)cc2)o1. The van der Waals surface area contributed by atoms with Gasteiger partial charge in [-0.2, -0.15) is 0 Å². The second kappa shape index (κ2) is 5.58. The van der Waals surface area contributed by atoms with Crippen LogP contribution in [0.1, 0.15) is 28.0 Å². The molecule has 0 fully saturated rings. The van der Waals surface area contributed by atoms with Crippen molar-refractivity contribution in [1.82, 2.24) is 0 Å². The predicted octanol–water partition coefficient (Wildman–Crippen LogP) is 1.77. The van der Waals surface area contributed by atoms with Gasteiger partial charge in [0.25, 0.3) is 0 Å². The van der Waals surface area contributed by atoms with Crippen molar-refractivity contribution >= 4 is 5.91 Å². The summed E-state index contributed by atoms with van der Waals surface area (Å²) in [5, 5.41) is 0. The summed E-state index contributed by atoms with van der Waals surface area (Å²) in [7, 11) is 0. The lowest BCUT2D eigenvalue weighted by Gasteiger charge is -2.15. The second-order valence-electron chi connectivity index (χ2n) is 4.18. The maximum absolute atomic E-state index is 11.0. The number of aryl methyl sites for hydroxylation is 1. The van der Waals surface area contributed by atoms with Gasteiger partial charge in [0.15, 0.2) is 6.10 Å². The third-order valence-electron chi connectivity index (χ3n) is 2.71. The molecule has 1 aromatic carbocycles. The lowest BCUT2D eigenvalue weighted by atomic mass is 10.2. The highest BCUT2D eigenvalue weighted by Gasteiger charge is 2.15. The number of primary amides is 1. The van der Waals surface area contributed by atoms with Crippen molar-refractivity contribution in [3.05, 3.63) is 53.5 Å². The van der Waals surface area contributed by atoms with E-state index < -0.39 is 5.91 Å². The third-order valence-corrected chi connectivity index (χ3v) is 2.71. The zero-order valence-electron chi connectivity index (χ0n) is 10.6. The van der Waals surface area contributed by atoms with E-state index in [2.05, 4.69) is 0 Å². The molecule has 19 heavy (non-hydrogen) atoms. The molecule has 0 saturated carbocycles. The van der Waals surface area contributed by atoms with E-state index in [0.29, 0.717) is 23.6 Å². The molecule has 0 radical (unpaired) electrons. The molecule has 1 aromatic heterocycles. The first-order chi connectivity index (χ1) is 9.10. The summed E-state index contributed by atoms with van der Waals surface area (Å²) in [5.74, 6) is 1.62. The lowest BCUT2D eigenvalue weighted by Crippen LogP contribution is -2.18. The van der Waals surface area contributed by atoms with Crippen LogP contribution in [-0.4, -0.2) is 12.5 Å². The van der Waals surface area contributed by atoms with Crippen molar-refractivity contribution in [2.24, 2.45) is 11.5 Å². The van der Waals surface area contributed by atoms with Gasteiger partial charge in [-0.3, -0.25) is 4.79 Å². The largest absolute Gasteiger partial charge is 0.481 e. The Labute approximate surface area is 111 Å². The molecule has 2 aromatic rings. The first kappa shape index (κ1) is 13.2. The summed E-state index contributed by atoms with van der Waals surface area (Å²) in [6, 6.07) is 10.3. The number of ether oxygens (including phenoxy) is 1. The Morgan fingerprint density at radius 1 is 1.26 bits per heavy atom. The number of benzene rings is 1. The van der Waals surface area contributed by atoms with E-state index in [1.807, 2.05) is 19.1 Å². The van der Waals surface area contributed by atoms with Crippen LogP contribution < -0.4 is 16.2 Å². The van der Waals surface area contributed by atoms with Crippen molar-refractivity contribution in [1.29, 1.82) is 0 Å². The normalized spacial score (nSPS) is 12.1. The minimum absolute atomic E-state index is 0.296. The van der Waals surface area contributed by atoms with Gasteiger partial charge in [-0.1, -0.05) is 0 Å². The molecule has 1 heterocycles. The maximum Gasteiger partial charge on any atom is 0.248 e. The van der Waals surface area contributed by atoms with E-state index in [1.54, 1.807) is 24.3 Å². The Morgan fingerprint density at radius 2 is 1.95 bits per heavy atom. The molecule has 1 unspecified atom stereocenters. The Balaban J connectivity index is 2.12. The van der Waals surface area contributed by atoms with Gasteiger partial charge in [0.1, 0.15) is 17.3 Å². The van der Waals surface area contributed by atoms with Gasteiger partial charge in [-0.05, 0) is 43.3 Å². The van der Waals surface area contributed by atoms with E-state index >= 15 is 0 Å². The van der Waals surface area contributed by atoms with Gasteiger partial charge in [-0.25, -0.2) is 0 Å². The van der Waals surface area contributed by atoms with Crippen molar-refractivity contribution in [3.63, 3.8) is 0 Å². The standard InChI is InChI=1S/C14H16N2O3/c1-9-2-7-12(18-9)13(8-15)19-11-5-3-10(4-6-11)14(16)17/h2-7,13H,8,15H2,1H3,(H2,16,17). The molecule has 5 heteroatoms. The Morgan fingerprint density at radius 3 is 2.42 bits per heavy atom. The molecular weight excluding hydrogens is 244 g/mol. The topological polar surface area (TPSA) is 91.5 Å². The molecule has 0 bridgehead atoms. The van der Waals surface area contributed by atoms with Crippen LogP contribution in [0.25, 0.3) is 0 Å². The highest BCUT2D eigenvalue weighted by Crippen LogP contribution is 2.23. The Hall–Kier alpha value is -2.27. The monoisotopic (exact) mass is 260 g/mol. The van der Waals surface area contributed by atoms with Crippen LogP contribution in [-0.2, 0) is 0 Å². The van der Waals surface area contributed by atoms with Gasteiger partial charge in [0.05, 0.1) is 0 Å². The second-order valence-corrected chi connectivity index (χ2v) is 4.18. The Kier molecular flexibility index (Phi) is 3.87. The van der Waals surface area contributed by atoms with E-state index in [9.17, 15) is 4.79 Å². The zero-order valence-corrected chi connectivity index (χ0v) is 10.6. The third kappa shape index (κ3) is 3.14. The molecule has 0 spiro atoms. The van der Waals surface area contributed by atoms with Crippen LogP contribution >= 0.6 is 0 Å². The van der Waals surface area contributed by atoms with Gasteiger partial charge >= 0.3 is 0 Å². The number of carbonyl (C=O) groups excluding carboxylic acids is 1. The number of amides is 1. The molecule has 1 amide bonds. The average molecular weight is 260 g/mol. The predicted molar refractivity (Wildman–Crippen MR) is 70.8 cm³/mol. The van der Waals surface area contributed by atoms with E-state index in [-0.39, 0.29) is 6.10 Å². The van der Waals surface area contributed by atoms with Crippen LogP contribution in [0.3, 0.4) is 0 Å². The van der Waals surface area contributed by atoms with E-state index in [4.69, 9.17) is 20.6 Å². The number of nitrogens with two attached hydrogens (primary N) is 2. The summed E-state index contributed by atoms with van der Waals surface area (Å²) in [4.78, 5) is 11.0. The molecule has 0 saturated heterocycles. The summed E-state index contributed by atoms with van der Waals surface area (Å²) in [6.07, 6.45) is -0.354. The first-order valence-corrected chi connectivity index (χ1v) is 5.93. The van der Waals surface area contributed by atoms with Crippen LogP contribution in [0.2, 0.25) is 0 Å². The van der Waals surface area contributed by atoms with Crippen molar-refractivity contribution in [2.45, 2.75) is 13.0 Å². The summed E-state index contributed by atoms with van der Waals surface area (Å²) in [5.41, 5.74) is 11.3. The van der Waals surface area contributed by atoms with Gasteiger partial charge in [-0.15, -0.1) is 0 Å². The highest BCUT2D eigenvalue weighted by atomic mass is 16.5. The molecule has 5 nitrogen and oxygen atoms in total. The number of carbonyl (C=O) groups is 1. The lowest BCUT2D eigenvalue weighted by molar-refractivity contribution is 0.1000. The molecular formula is C14H16N2O3. The highest BCUT2D eigenvalue weighted by molar-refractivity contribution is 5.92. The summed E-state index contributed by atoms with van der Waals surface area (Å²) < 4.78 is 11.2. The molecule has 100 valence electrons. The van der Waals surface area contributed by atoms with Gasteiger partial charge in [0, 0.05) is 12.1 Å². The first-order valence-electron chi connectivity index (χ1n) is 5.93. The summed E-state index contributed by atoms with van der Waals surface area (Å²) >= 11 is 0. The van der Waals surface area contributed by atoms with Crippen LogP contribution in [0.5, 0.6) is 5.75 Å². The van der Waals surface area contributed by atoms with Crippen LogP contribution in [0, 0.1) is 6.92 Å². The van der Waals surface area contributed by atoms with E-state index in [0.717, 1.165) is 5.76 Å². The molecule has 4 N–H and O–H groups in total. The smallest absolute Gasteiger partial charge is 0.248 e. The minimum Gasteiger partial charge on any atom is -0.481 e. The summed E-state index contributed by atoms with van der Waals surface area (Å²) in [6.45, 7) is 2.16. The minimum atomic E-state index is -0.469. The molecule has 1 atom stereocenters. The maximum atomic E-state index is 11.0. The Bertz CT molecular complexity index is 560. The van der Waals surface area contributed by atoms with Crippen LogP contribution in [0.4, 0.5) is 0 Å². The number of rotatable bonds is 5. The van der Waals surface area contributed by atoms with Gasteiger partial charge < -0.3 is 20.6 Å².